The van der Waals surface area contributed by atoms with Crippen LogP contribution in [-0.2, 0) is 4.79 Å². The Morgan fingerprint density at radius 1 is 1.08 bits per heavy atom. The van der Waals surface area contributed by atoms with Crippen LogP contribution >= 0.6 is 0 Å². The lowest BCUT2D eigenvalue weighted by Crippen LogP contribution is -2.25. The summed E-state index contributed by atoms with van der Waals surface area (Å²) in [5, 5.41) is 8.78. The van der Waals surface area contributed by atoms with Gasteiger partial charge in [-0.3, -0.25) is 9.59 Å². The Kier molecular flexibility index (Phi) is 6.40. The fourth-order valence-electron chi connectivity index (χ4n) is 3.78. The smallest absolute Gasteiger partial charge is 0.277 e. The summed E-state index contributed by atoms with van der Waals surface area (Å²) in [5.74, 6) is 0.0542. The van der Waals surface area contributed by atoms with Crippen LogP contribution in [0.15, 0.2) is 106 Å². The Morgan fingerprint density at radius 2 is 1.89 bits per heavy atom. The van der Waals surface area contributed by atoms with Crippen LogP contribution in [0.1, 0.15) is 11.1 Å². The third-order valence-electron chi connectivity index (χ3n) is 5.51. The number of carbonyl (C=O) groups is 1. The Morgan fingerprint density at radius 3 is 2.75 bits per heavy atom. The van der Waals surface area contributed by atoms with Gasteiger partial charge < -0.3 is 9.15 Å². The Balaban J connectivity index is 1.27. The summed E-state index contributed by atoms with van der Waals surface area (Å²) in [5.41, 5.74) is 6.36. The number of para-hydroxylation sites is 2. The van der Waals surface area contributed by atoms with Gasteiger partial charge in [-0.2, -0.15) is 10.2 Å². The second-order valence-corrected chi connectivity index (χ2v) is 8.06. The molecular formula is C28H22N4O4. The van der Waals surface area contributed by atoms with E-state index in [9.17, 15) is 9.59 Å². The summed E-state index contributed by atoms with van der Waals surface area (Å²) in [6.45, 7) is 1.63. The van der Waals surface area contributed by atoms with E-state index in [1.54, 1.807) is 24.4 Å². The third kappa shape index (κ3) is 4.78. The van der Waals surface area contributed by atoms with Crippen molar-refractivity contribution >= 4 is 23.1 Å². The molecule has 0 atom stereocenters. The molecule has 178 valence electrons. The zero-order chi connectivity index (χ0) is 24.9. The molecular weight excluding hydrogens is 456 g/mol. The molecule has 0 bridgehead atoms. The van der Waals surface area contributed by atoms with Gasteiger partial charge in [0.25, 0.3) is 5.91 Å². The molecule has 0 radical (unpaired) electrons. The maximum Gasteiger partial charge on any atom is 0.277 e. The van der Waals surface area contributed by atoms with Crippen molar-refractivity contribution in [1.82, 2.24) is 15.2 Å². The monoisotopic (exact) mass is 478 g/mol. The first kappa shape index (κ1) is 22.8. The van der Waals surface area contributed by atoms with E-state index in [4.69, 9.17) is 9.15 Å². The first-order valence-corrected chi connectivity index (χ1v) is 11.3. The van der Waals surface area contributed by atoms with Crippen LogP contribution in [0.3, 0.4) is 0 Å². The minimum atomic E-state index is -0.473. The quantitative estimate of drug-likeness (QED) is 0.275. The van der Waals surface area contributed by atoms with Crippen molar-refractivity contribution in [3.05, 3.63) is 113 Å². The zero-order valence-corrected chi connectivity index (χ0v) is 19.4. The van der Waals surface area contributed by atoms with E-state index in [0.29, 0.717) is 16.7 Å². The molecule has 1 amide bonds. The second kappa shape index (κ2) is 10.1. The fourth-order valence-corrected chi connectivity index (χ4v) is 3.78. The number of ether oxygens (including phenoxy) is 1. The molecule has 0 unspecified atom stereocenters. The van der Waals surface area contributed by atoms with E-state index >= 15 is 0 Å². The Bertz CT molecular complexity index is 1620. The molecule has 2 heterocycles. The molecule has 3 aromatic carbocycles. The van der Waals surface area contributed by atoms with Gasteiger partial charge in [-0.1, -0.05) is 42.0 Å². The maximum atomic E-state index is 12.7. The van der Waals surface area contributed by atoms with Crippen LogP contribution in [0.2, 0.25) is 0 Å². The number of hydrazone groups is 1. The number of hydrogen-bond donors (Lipinski definition) is 1. The maximum absolute atomic E-state index is 12.7. The van der Waals surface area contributed by atoms with Crippen molar-refractivity contribution in [1.29, 1.82) is 0 Å². The lowest BCUT2D eigenvalue weighted by Gasteiger charge is -2.12. The van der Waals surface area contributed by atoms with Crippen molar-refractivity contribution < 1.29 is 13.9 Å². The molecule has 0 spiro atoms. The predicted molar refractivity (Wildman–Crippen MR) is 137 cm³/mol. The number of carbonyl (C=O) groups excluding carboxylic acids is 1. The van der Waals surface area contributed by atoms with Gasteiger partial charge >= 0.3 is 0 Å². The van der Waals surface area contributed by atoms with Crippen LogP contribution < -0.4 is 15.6 Å². The number of aryl methyl sites for hydroxylation is 1. The van der Waals surface area contributed by atoms with Crippen molar-refractivity contribution in [2.45, 2.75) is 6.92 Å². The van der Waals surface area contributed by atoms with Gasteiger partial charge in [0.1, 0.15) is 17.6 Å². The molecule has 0 aliphatic carbocycles. The van der Waals surface area contributed by atoms with Gasteiger partial charge in [-0.15, -0.1) is 0 Å². The summed E-state index contributed by atoms with van der Waals surface area (Å²) in [6, 6.07) is 24.4. The van der Waals surface area contributed by atoms with Crippen LogP contribution in [0, 0.1) is 6.92 Å². The van der Waals surface area contributed by atoms with Crippen LogP contribution in [0.4, 0.5) is 0 Å². The number of aromatic nitrogens is 2. The Labute approximate surface area is 206 Å². The lowest BCUT2D eigenvalue weighted by molar-refractivity contribution is -0.123. The predicted octanol–water partition coefficient (Wildman–Crippen LogP) is 4.48. The van der Waals surface area contributed by atoms with Crippen molar-refractivity contribution in [3.63, 3.8) is 0 Å². The summed E-state index contributed by atoms with van der Waals surface area (Å²) < 4.78 is 13.1. The number of rotatable bonds is 7. The third-order valence-corrected chi connectivity index (χ3v) is 5.51. The van der Waals surface area contributed by atoms with E-state index in [0.717, 1.165) is 22.5 Å². The molecule has 0 aliphatic heterocycles. The van der Waals surface area contributed by atoms with Gasteiger partial charge in [-0.05, 0) is 49.4 Å². The van der Waals surface area contributed by atoms with Crippen LogP contribution in [-0.4, -0.2) is 28.5 Å². The van der Waals surface area contributed by atoms with Gasteiger partial charge in [0.2, 0.25) is 5.43 Å². The highest BCUT2D eigenvalue weighted by Gasteiger charge is 2.13. The SMILES string of the molecule is Cc1ccc2occ(/C=N\NC(=O)COc3ccccc3-c3ccnn3-c3ccccc3)c(=O)c2c1. The molecule has 8 nitrogen and oxygen atoms in total. The molecule has 0 saturated heterocycles. The number of benzene rings is 3. The lowest BCUT2D eigenvalue weighted by atomic mass is 10.1. The average molecular weight is 479 g/mol. The summed E-state index contributed by atoms with van der Waals surface area (Å²) in [7, 11) is 0. The first-order chi connectivity index (χ1) is 17.6. The largest absolute Gasteiger partial charge is 0.483 e. The zero-order valence-electron chi connectivity index (χ0n) is 19.4. The van der Waals surface area contributed by atoms with E-state index in [1.807, 2.05) is 72.3 Å². The van der Waals surface area contributed by atoms with Crippen molar-refractivity contribution in [2.75, 3.05) is 6.61 Å². The first-order valence-electron chi connectivity index (χ1n) is 11.3. The molecule has 0 fully saturated rings. The van der Waals surface area contributed by atoms with E-state index in [1.165, 1.54) is 12.5 Å². The molecule has 36 heavy (non-hydrogen) atoms. The van der Waals surface area contributed by atoms with E-state index < -0.39 is 5.91 Å². The molecule has 5 rings (SSSR count). The van der Waals surface area contributed by atoms with Crippen molar-refractivity contribution in [3.8, 4) is 22.7 Å². The fraction of sp³-hybridized carbons (Fsp3) is 0.0714. The molecule has 5 aromatic rings. The number of nitrogens with one attached hydrogen (secondary N) is 1. The standard InChI is InChI=1S/C28H22N4O4/c1-19-11-12-26-23(15-19)28(34)20(17-35-26)16-29-31-27(33)18-36-25-10-6-5-9-22(25)24-13-14-30-32(24)21-7-3-2-4-8-21/h2-17H,18H2,1H3,(H,31,33)/b29-16-. The number of nitrogens with zero attached hydrogens (tertiary/aromatic N) is 3. The van der Waals surface area contributed by atoms with Gasteiger partial charge in [0.05, 0.1) is 34.7 Å². The molecule has 0 saturated carbocycles. The molecule has 1 N–H and O–H groups in total. The molecule has 0 aliphatic rings. The summed E-state index contributed by atoms with van der Waals surface area (Å²) in [4.78, 5) is 25.0. The van der Waals surface area contributed by atoms with Gasteiger partial charge in [0, 0.05) is 5.56 Å². The number of fused-ring (bicyclic) bond motifs is 1. The van der Waals surface area contributed by atoms with E-state index in [2.05, 4.69) is 15.6 Å². The highest BCUT2D eigenvalue weighted by Crippen LogP contribution is 2.31. The highest BCUT2D eigenvalue weighted by atomic mass is 16.5. The summed E-state index contributed by atoms with van der Waals surface area (Å²) >= 11 is 0. The number of amides is 1. The second-order valence-electron chi connectivity index (χ2n) is 8.06. The minimum Gasteiger partial charge on any atom is -0.483 e. The number of hydrogen-bond acceptors (Lipinski definition) is 6. The van der Waals surface area contributed by atoms with Gasteiger partial charge in [-0.25, -0.2) is 10.1 Å². The summed E-state index contributed by atoms with van der Waals surface area (Å²) in [6.07, 6.45) is 4.29. The average Bonchev–Trinajstić information content (AvgIpc) is 3.40. The Hall–Kier alpha value is -4.98. The molecule has 8 heteroatoms. The van der Waals surface area contributed by atoms with Gasteiger partial charge in [0.15, 0.2) is 6.61 Å². The van der Waals surface area contributed by atoms with Crippen molar-refractivity contribution in [2.24, 2.45) is 5.10 Å². The van der Waals surface area contributed by atoms with Crippen LogP contribution in [0.25, 0.3) is 27.9 Å². The van der Waals surface area contributed by atoms with E-state index in [-0.39, 0.29) is 17.6 Å². The minimum absolute atomic E-state index is 0.224. The topological polar surface area (TPSA) is 98.7 Å². The van der Waals surface area contributed by atoms with Crippen LogP contribution in [0.5, 0.6) is 5.75 Å². The molecule has 2 aromatic heterocycles. The normalized spacial score (nSPS) is 11.1. The highest BCUT2D eigenvalue weighted by molar-refractivity contribution is 5.87.